The third-order valence-corrected chi connectivity index (χ3v) is 25.1. The molecule has 0 radical (unpaired) electrons. The number of furan rings is 1. The van der Waals surface area contributed by atoms with Gasteiger partial charge in [0.2, 0.25) is 0 Å². The van der Waals surface area contributed by atoms with Crippen molar-refractivity contribution in [1.82, 2.24) is 0 Å². The van der Waals surface area contributed by atoms with Crippen LogP contribution in [0, 0.1) is 5.92 Å². The van der Waals surface area contributed by atoms with Gasteiger partial charge in [-0.05, 0) is 0 Å². The van der Waals surface area contributed by atoms with E-state index >= 15 is 0 Å². The van der Waals surface area contributed by atoms with E-state index in [-0.39, 0.29) is 5.43 Å². The van der Waals surface area contributed by atoms with E-state index in [1.54, 1.807) is 28.5 Å². The summed E-state index contributed by atoms with van der Waals surface area (Å²) in [6.07, 6.45) is 4.37. The van der Waals surface area contributed by atoms with E-state index in [1.165, 1.54) is 11.1 Å². The van der Waals surface area contributed by atoms with Gasteiger partial charge in [-0.15, -0.1) is 0 Å². The van der Waals surface area contributed by atoms with Gasteiger partial charge >= 0.3 is 172 Å². The van der Waals surface area contributed by atoms with Crippen molar-refractivity contribution in [3.8, 4) is 0 Å². The number of allylic oxidation sites excluding steroid dienone is 5. The number of hydrogen-bond acceptors (Lipinski definition) is 1. The molecule has 0 saturated carbocycles. The van der Waals surface area contributed by atoms with E-state index in [1.807, 2.05) is 9.35 Å². The zero-order valence-corrected chi connectivity index (χ0v) is 20.6. The van der Waals surface area contributed by atoms with Crippen LogP contribution in [0.4, 0.5) is 0 Å². The molecule has 1 aromatic heterocycles. The van der Waals surface area contributed by atoms with E-state index in [4.69, 9.17) is 4.42 Å². The first-order valence-corrected chi connectivity index (χ1v) is 18.7. The van der Waals surface area contributed by atoms with Crippen molar-refractivity contribution in [3.63, 3.8) is 0 Å². The summed E-state index contributed by atoms with van der Waals surface area (Å²) in [7, 11) is 0. The third-order valence-electron chi connectivity index (χ3n) is 6.49. The van der Waals surface area contributed by atoms with Crippen LogP contribution in [0.25, 0.3) is 5.57 Å². The van der Waals surface area contributed by atoms with Crippen LogP contribution in [-0.2, 0) is 20.4 Å². The van der Waals surface area contributed by atoms with Gasteiger partial charge in [-0.3, -0.25) is 0 Å². The Morgan fingerprint density at radius 1 is 0.963 bits per heavy atom. The van der Waals surface area contributed by atoms with Gasteiger partial charge in [0.15, 0.2) is 0 Å². The number of fused-ring (bicyclic) bond motifs is 1. The molecule has 138 valence electrons. The molecule has 2 aliphatic carbocycles. The molecule has 1 heterocycles. The fraction of sp³-hybridized carbons (Fsp3) is 0.333. The predicted molar refractivity (Wildman–Crippen MR) is 113 cm³/mol. The molecular formula is C24H28OSiZr. The van der Waals surface area contributed by atoms with Gasteiger partial charge in [0.25, 0.3) is 0 Å². The predicted octanol–water partition coefficient (Wildman–Crippen LogP) is 6.90. The molecular weight excluding hydrogens is 424 g/mol. The molecule has 0 amide bonds. The Morgan fingerprint density at radius 2 is 1.70 bits per heavy atom. The van der Waals surface area contributed by atoms with Gasteiger partial charge in [-0.1, -0.05) is 0 Å². The molecule has 0 fully saturated rings. The maximum absolute atomic E-state index is 5.81. The van der Waals surface area contributed by atoms with Crippen molar-refractivity contribution < 1.29 is 24.8 Å². The van der Waals surface area contributed by atoms with Crippen molar-refractivity contribution in [3.05, 3.63) is 85.6 Å². The standard InChI is InChI=1S/C13H9O.C9H13.C2H6Si.Zr/c1-2-5-11-10(4-1)7-8-12(11)13-6-3-9-14-13;1-6-5-7(2)9(4)8(6)3;1-3-2;/h1-9H;6H,1-4H3;1-2H3;. The van der Waals surface area contributed by atoms with Gasteiger partial charge in [0.1, 0.15) is 0 Å². The summed E-state index contributed by atoms with van der Waals surface area (Å²) in [5.74, 6) is 1.66. The van der Waals surface area contributed by atoms with Crippen molar-refractivity contribution in [2.75, 3.05) is 0 Å². The number of benzene rings is 1. The molecule has 0 aliphatic heterocycles. The summed E-state index contributed by atoms with van der Waals surface area (Å²) >= 11 is -1.90. The SMILES string of the molecule is CC1=C(C)C(C)[C]([Zr]([CH]2C=C(c3ccco3)c3ccccc32)=[Si](C)C)=C1C. The molecule has 2 atom stereocenters. The van der Waals surface area contributed by atoms with E-state index < -0.39 is 20.4 Å². The first-order chi connectivity index (χ1) is 12.9. The Kier molecular flexibility index (Phi) is 5.20. The van der Waals surface area contributed by atoms with Gasteiger partial charge < -0.3 is 0 Å². The van der Waals surface area contributed by atoms with Crippen molar-refractivity contribution in [2.24, 2.45) is 5.92 Å². The average molecular weight is 452 g/mol. The van der Waals surface area contributed by atoms with E-state index in [0.29, 0.717) is 9.54 Å². The second-order valence-corrected chi connectivity index (χ2v) is 25.6. The molecule has 0 spiro atoms. The summed E-state index contributed by atoms with van der Waals surface area (Å²) in [6, 6.07) is 13.2. The summed E-state index contributed by atoms with van der Waals surface area (Å²) in [4.78, 5) is 0. The monoisotopic (exact) mass is 450 g/mol. The minimum absolute atomic E-state index is 0.346. The molecule has 1 nitrogen and oxygen atoms in total. The first-order valence-electron chi connectivity index (χ1n) is 9.83. The molecule has 0 N–H and O–H groups in total. The van der Waals surface area contributed by atoms with E-state index in [0.717, 1.165) is 5.76 Å². The Hall–Kier alpha value is -1.18. The van der Waals surface area contributed by atoms with Crippen LogP contribution < -0.4 is 0 Å². The third kappa shape index (κ3) is 3.08. The molecule has 2 aromatic rings. The van der Waals surface area contributed by atoms with Crippen LogP contribution in [0.1, 0.15) is 48.2 Å². The first kappa shape index (κ1) is 19.2. The molecule has 1 aromatic carbocycles. The van der Waals surface area contributed by atoms with Crippen LogP contribution in [0.2, 0.25) is 13.1 Å². The fourth-order valence-corrected chi connectivity index (χ4v) is 24.5. The van der Waals surface area contributed by atoms with E-state index in [2.05, 4.69) is 77.2 Å². The Morgan fingerprint density at radius 3 is 2.30 bits per heavy atom. The summed E-state index contributed by atoms with van der Waals surface area (Å²) in [5, 5.41) is 0. The van der Waals surface area contributed by atoms with Crippen LogP contribution >= 0.6 is 0 Å². The van der Waals surface area contributed by atoms with Crippen LogP contribution in [0.3, 0.4) is 0 Å². The molecule has 4 rings (SSSR count). The van der Waals surface area contributed by atoms with Gasteiger partial charge in [0, 0.05) is 0 Å². The molecule has 3 heteroatoms. The Labute approximate surface area is 171 Å². The van der Waals surface area contributed by atoms with Crippen molar-refractivity contribution in [2.45, 2.75) is 44.4 Å². The van der Waals surface area contributed by atoms with Crippen LogP contribution in [-0.4, -0.2) is 5.43 Å². The quantitative estimate of drug-likeness (QED) is 0.463. The molecule has 0 bridgehead atoms. The van der Waals surface area contributed by atoms with Crippen molar-refractivity contribution in [1.29, 1.82) is 0 Å². The fourth-order valence-electron chi connectivity index (χ4n) is 4.79. The summed E-state index contributed by atoms with van der Waals surface area (Å²) in [5.41, 5.74) is 8.69. The topological polar surface area (TPSA) is 13.1 Å². The summed E-state index contributed by atoms with van der Waals surface area (Å²) in [6.45, 7) is 14.7. The zero-order valence-electron chi connectivity index (χ0n) is 17.2. The van der Waals surface area contributed by atoms with Crippen LogP contribution in [0.5, 0.6) is 0 Å². The number of rotatable bonds is 3. The van der Waals surface area contributed by atoms with Crippen molar-refractivity contribution >= 4 is 11.0 Å². The number of hydrogen-bond donors (Lipinski definition) is 0. The molecule has 2 unspecified atom stereocenters. The normalized spacial score (nSPS) is 21.6. The molecule has 2 aliphatic rings. The second kappa shape index (κ2) is 7.33. The van der Waals surface area contributed by atoms with Gasteiger partial charge in [0.05, 0.1) is 0 Å². The van der Waals surface area contributed by atoms with Crippen LogP contribution in [0.15, 0.2) is 73.2 Å². The zero-order chi connectivity index (χ0) is 19.3. The minimum atomic E-state index is -1.90. The molecule has 0 saturated heterocycles. The Bertz CT molecular complexity index is 1030. The maximum atomic E-state index is 5.81. The average Bonchev–Trinajstić information content (AvgIpc) is 3.34. The van der Waals surface area contributed by atoms with E-state index in [9.17, 15) is 0 Å². The van der Waals surface area contributed by atoms with Gasteiger partial charge in [-0.2, -0.15) is 0 Å². The van der Waals surface area contributed by atoms with Gasteiger partial charge in [-0.25, -0.2) is 0 Å². The second-order valence-electron chi connectivity index (χ2n) is 8.10. The summed E-state index contributed by atoms with van der Waals surface area (Å²) < 4.78 is 8.32. The Balaban J connectivity index is 1.90. The molecule has 27 heavy (non-hydrogen) atoms.